The molecule has 0 saturated carbocycles. The minimum Gasteiger partial charge on any atom is -0.348 e. The molecular weight excluding hydrogens is 276 g/mol. The average molecular weight is 296 g/mol. The summed E-state index contributed by atoms with van der Waals surface area (Å²) >= 11 is 0. The van der Waals surface area contributed by atoms with E-state index in [9.17, 15) is 4.79 Å². The topological polar surface area (TPSA) is 62.7 Å². The molecule has 0 atom stereocenters. The highest BCUT2D eigenvalue weighted by Gasteiger charge is 2.13. The largest absolute Gasteiger partial charge is 0.348 e. The van der Waals surface area contributed by atoms with Crippen molar-refractivity contribution in [3.8, 4) is 0 Å². The molecule has 22 heavy (non-hydrogen) atoms. The van der Waals surface area contributed by atoms with Crippen LogP contribution >= 0.6 is 0 Å². The number of para-hydroxylation sites is 1. The molecule has 5 nitrogen and oxygen atoms in total. The molecule has 3 aromatic rings. The van der Waals surface area contributed by atoms with Crippen LogP contribution in [0.25, 0.3) is 10.9 Å². The Hall–Kier alpha value is -2.40. The first-order valence-electron chi connectivity index (χ1n) is 7.43. The number of hydrogen-bond donors (Lipinski definition) is 2. The summed E-state index contributed by atoms with van der Waals surface area (Å²) < 4.78 is 2.11. The standard InChI is InChI=1S/C17H20N4O/c1-12-15(20-11-19-12)9-18-8-7-17-14(10-22)13-5-3-4-6-16(13)21(17)2/h3-6,10-11,18H,7-9H2,1-2H3,(H,19,20). The number of nitrogens with zero attached hydrogens (tertiary/aromatic N) is 2. The summed E-state index contributed by atoms with van der Waals surface area (Å²) in [4.78, 5) is 18.8. The molecule has 0 fully saturated rings. The highest BCUT2D eigenvalue weighted by Crippen LogP contribution is 2.24. The number of fused-ring (bicyclic) bond motifs is 1. The predicted molar refractivity (Wildman–Crippen MR) is 87.0 cm³/mol. The van der Waals surface area contributed by atoms with Crippen LogP contribution in [0.5, 0.6) is 0 Å². The monoisotopic (exact) mass is 296 g/mol. The molecule has 2 heterocycles. The molecule has 0 saturated heterocycles. The molecule has 0 unspecified atom stereocenters. The summed E-state index contributed by atoms with van der Waals surface area (Å²) in [6, 6.07) is 8.02. The van der Waals surface area contributed by atoms with Crippen molar-refractivity contribution in [2.24, 2.45) is 7.05 Å². The number of aromatic amines is 1. The van der Waals surface area contributed by atoms with Gasteiger partial charge < -0.3 is 14.9 Å². The Morgan fingerprint density at radius 3 is 2.91 bits per heavy atom. The highest BCUT2D eigenvalue weighted by atomic mass is 16.1. The van der Waals surface area contributed by atoms with E-state index in [0.717, 1.165) is 59.3 Å². The molecule has 0 aliphatic rings. The zero-order chi connectivity index (χ0) is 15.5. The fourth-order valence-electron chi connectivity index (χ4n) is 2.89. The molecule has 2 aromatic heterocycles. The Bertz CT molecular complexity index is 800. The minimum atomic E-state index is 0.732. The number of imidazole rings is 1. The molecule has 2 N–H and O–H groups in total. The molecule has 3 rings (SSSR count). The van der Waals surface area contributed by atoms with Crippen molar-refractivity contribution < 1.29 is 4.79 Å². The van der Waals surface area contributed by atoms with E-state index in [4.69, 9.17) is 0 Å². The van der Waals surface area contributed by atoms with Crippen LogP contribution < -0.4 is 5.32 Å². The fourth-order valence-corrected chi connectivity index (χ4v) is 2.89. The van der Waals surface area contributed by atoms with Gasteiger partial charge in [0.25, 0.3) is 0 Å². The molecule has 0 aliphatic heterocycles. The number of H-pyrrole nitrogens is 1. The van der Waals surface area contributed by atoms with Gasteiger partial charge in [0.2, 0.25) is 0 Å². The third-order valence-corrected chi connectivity index (χ3v) is 4.15. The van der Waals surface area contributed by atoms with Crippen molar-refractivity contribution in [2.75, 3.05) is 6.54 Å². The summed E-state index contributed by atoms with van der Waals surface area (Å²) in [5.74, 6) is 0. The second-order valence-corrected chi connectivity index (χ2v) is 5.46. The summed E-state index contributed by atoms with van der Waals surface area (Å²) in [5, 5.41) is 4.41. The lowest BCUT2D eigenvalue weighted by Crippen LogP contribution is -2.19. The lowest BCUT2D eigenvalue weighted by molar-refractivity contribution is 0.112. The van der Waals surface area contributed by atoms with Crippen LogP contribution in [0.4, 0.5) is 0 Å². The van der Waals surface area contributed by atoms with Gasteiger partial charge in [-0.05, 0) is 13.0 Å². The van der Waals surface area contributed by atoms with Crippen molar-refractivity contribution in [3.05, 3.63) is 53.2 Å². The van der Waals surface area contributed by atoms with E-state index in [-0.39, 0.29) is 0 Å². The third kappa shape index (κ3) is 2.55. The second kappa shape index (κ2) is 6.15. The first kappa shape index (κ1) is 14.5. The van der Waals surface area contributed by atoms with Crippen molar-refractivity contribution >= 4 is 17.2 Å². The van der Waals surface area contributed by atoms with Crippen LogP contribution in [-0.4, -0.2) is 27.4 Å². The first-order chi connectivity index (χ1) is 10.7. The first-order valence-corrected chi connectivity index (χ1v) is 7.43. The molecule has 0 spiro atoms. The van der Waals surface area contributed by atoms with Crippen molar-refractivity contribution in [1.29, 1.82) is 0 Å². The van der Waals surface area contributed by atoms with E-state index in [0.29, 0.717) is 0 Å². The number of rotatable bonds is 6. The molecule has 5 heteroatoms. The normalized spacial score (nSPS) is 11.2. The number of nitrogens with one attached hydrogen (secondary N) is 2. The fraction of sp³-hybridized carbons (Fsp3) is 0.294. The smallest absolute Gasteiger partial charge is 0.152 e. The van der Waals surface area contributed by atoms with Crippen LogP contribution in [0.2, 0.25) is 0 Å². The SMILES string of the molecule is Cc1[nH]cnc1CNCCc1c(C=O)c2ccccc2n1C. The van der Waals surface area contributed by atoms with Crippen LogP contribution in [-0.2, 0) is 20.0 Å². The van der Waals surface area contributed by atoms with Gasteiger partial charge in [-0.25, -0.2) is 4.98 Å². The van der Waals surface area contributed by atoms with Crippen LogP contribution in [0.15, 0.2) is 30.6 Å². The van der Waals surface area contributed by atoms with E-state index in [2.05, 4.69) is 19.9 Å². The van der Waals surface area contributed by atoms with E-state index < -0.39 is 0 Å². The predicted octanol–water partition coefficient (Wildman–Crippen LogP) is 2.35. The van der Waals surface area contributed by atoms with Crippen molar-refractivity contribution in [3.63, 3.8) is 0 Å². The number of aromatic nitrogens is 3. The van der Waals surface area contributed by atoms with Gasteiger partial charge in [0.1, 0.15) is 0 Å². The minimum absolute atomic E-state index is 0.732. The number of carbonyl (C=O) groups is 1. The van der Waals surface area contributed by atoms with Crippen molar-refractivity contribution in [1.82, 2.24) is 19.9 Å². The number of carbonyl (C=O) groups excluding carboxylic acids is 1. The molecule has 114 valence electrons. The van der Waals surface area contributed by atoms with Gasteiger partial charge in [0, 0.05) is 54.4 Å². The van der Waals surface area contributed by atoms with Crippen molar-refractivity contribution in [2.45, 2.75) is 19.9 Å². The highest BCUT2D eigenvalue weighted by molar-refractivity contribution is 5.99. The maximum atomic E-state index is 11.5. The van der Waals surface area contributed by atoms with Gasteiger partial charge in [-0.15, -0.1) is 0 Å². The summed E-state index contributed by atoms with van der Waals surface area (Å²) in [7, 11) is 2.02. The van der Waals surface area contributed by atoms with Gasteiger partial charge in [0.15, 0.2) is 6.29 Å². The third-order valence-electron chi connectivity index (χ3n) is 4.15. The lowest BCUT2D eigenvalue weighted by atomic mass is 10.1. The van der Waals surface area contributed by atoms with Gasteiger partial charge >= 0.3 is 0 Å². The molecule has 0 radical (unpaired) electrons. The number of aldehydes is 1. The zero-order valence-corrected chi connectivity index (χ0v) is 12.9. The zero-order valence-electron chi connectivity index (χ0n) is 12.9. The van der Waals surface area contributed by atoms with E-state index >= 15 is 0 Å². The maximum absolute atomic E-state index is 11.5. The average Bonchev–Trinajstić information content (AvgIpc) is 3.06. The molecule has 0 aliphatic carbocycles. The van der Waals surface area contributed by atoms with E-state index in [1.165, 1.54) is 0 Å². The Kier molecular flexibility index (Phi) is 4.06. The Morgan fingerprint density at radius 1 is 1.36 bits per heavy atom. The van der Waals surface area contributed by atoms with Gasteiger partial charge in [-0.1, -0.05) is 18.2 Å². The summed E-state index contributed by atoms with van der Waals surface area (Å²) in [6.45, 7) is 3.55. The van der Waals surface area contributed by atoms with E-state index in [1.807, 2.05) is 38.2 Å². The molecule has 0 bridgehead atoms. The summed E-state index contributed by atoms with van der Waals surface area (Å²) in [5.41, 5.74) is 5.10. The van der Waals surface area contributed by atoms with E-state index in [1.54, 1.807) is 6.33 Å². The number of hydrogen-bond acceptors (Lipinski definition) is 3. The quantitative estimate of drug-likeness (QED) is 0.542. The number of benzene rings is 1. The molecule has 1 aromatic carbocycles. The Balaban J connectivity index is 1.72. The van der Waals surface area contributed by atoms with Gasteiger partial charge in [-0.2, -0.15) is 0 Å². The van der Waals surface area contributed by atoms with Crippen LogP contribution in [0.3, 0.4) is 0 Å². The lowest BCUT2D eigenvalue weighted by Gasteiger charge is -2.07. The maximum Gasteiger partial charge on any atom is 0.152 e. The second-order valence-electron chi connectivity index (χ2n) is 5.46. The van der Waals surface area contributed by atoms with Gasteiger partial charge in [0.05, 0.1) is 12.0 Å². The van der Waals surface area contributed by atoms with Crippen LogP contribution in [0.1, 0.15) is 27.4 Å². The number of aryl methyl sites for hydroxylation is 2. The molecular formula is C17H20N4O. The van der Waals surface area contributed by atoms with Crippen LogP contribution in [0, 0.1) is 6.92 Å². The molecule has 0 amide bonds. The Morgan fingerprint density at radius 2 is 2.18 bits per heavy atom. The summed E-state index contributed by atoms with van der Waals surface area (Å²) in [6.07, 6.45) is 3.49. The Labute approximate surface area is 129 Å². The van der Waals surface area contributed by atoms with Gasteiger partial charge in [-0.3, -0.25) is 4.79 Å².